The molecule has 1 aromatic heterocycles. The summed E-state index contributed by atoms with van der Waals surface area (Å²) in [6.45, 7) is 14.5. The molecule has 138 valence electrons. The molecule has 3 nitrogen and oxygen atoms in total. The zero-order valence-electron chi connectivity index (χ0n) is 16.1. The summed E-state index contributed by atoms with van der Waals surface area (Å²) in [5.74, 6) is 0. The molecule has 1 aliphatic rings. The first-order valence-electron chi connectivity index (χ1n) is 8.65. The van der Waals surface area contributed by atoms with Gasteiger partial charge in [-0.3, -0.25) is 9.98 Å². The van der Waals surface area contributed by atoms with Crippen LogP contribution in [-0.2, 0) is 0 Å². The van der Waals surface area contributed by atoms with Crippen molar-refractivity contribution in [3.63, 3.8) is 0 Å². The van der Waals surface area contributed by atoms with Crippen molar-refractivity contribution in [2.45, 2.75) is 52.5 Å². The minimum Gasteiger partial charge on any atom is -0.265 e. The molecule has 0 saturated carbocycles. The Morgan fingerprint density at radius 1 is 1.27 bits per heavy atom. The zero-order chi connectivity index (χ0) is 19.3. The number of rotatable bonds is 5. The van der Waals surface area contributed by atoms with Gasteiger partial charge in [0.25, 0.3) is 0 Å². The van der Waals surface area contributed by atoms with Crippen molar-refractivity contribution in [1.82, 2.24) is 4.98 Å². The van der Waals surface area contributed by atoms with Gasteiger partial charge in [-0.05, 0) is 50.5 Å². The van der Waals surface area contributed by atoms with Gasteiger partial charge in [-0.25, -0.2) is 4.98 Å². The van der Waals surface area contributed by atoms with Gasteiger partial charge < -0.3 is 0 Å². The standard InChI is InChI=1S/C21H26ClN3S/c1-7-14(2)25-20(15(3)26-19-11-9-17(22)13-24-19)16-8-10-18(23-12-16)21(4,5)6/h7,9,11-13H,1,8,10H2,2-6H3/b20-15+,25-14?. The van der Waals surface area contributed by atoms with Crippen molar-refractivity contribution in [1.29, 1.82) is 0 Å². The molecule has 2 rings (SSSR count). The Morgan fingerprint density at radius 3 is 2.50 bits per heavy atom. The Hall–Kier alpha value is -1.65. The van der Waals surface area contributed by atoms with Crippen LogP contribution in [-0.4, -0.2) is 16.4 Å². The quantitative estimate of drug-likeness (QED) is 0.408. The Morgan fingerprint density at radius 2 is 2.00 bits per heavy atom. The third-order valence-corrected chi connectivity index (χ3v) is 5.23. The first-order chi connectivity index (χ1) is 12.2. The Bertz CT molecular complexity index is 794. The van der Waals surface area contributed by atoms with Crippen LogP contribution in [0, 0.1) is 5.41 Å². The van der Waals surface area contributed by atoms with E-state index in [1.54, 1.807) is 24.0 Å². The van der Waals surface area contributed by atoms with Crippen LogP contribution in [0.25, 0.3) is 0 Å². The van der Waals surface area contributed by atoms with E-state index in [9.17, 15) is 0 Å². The lowest BCUT2D eigenvalue weighted by molar-refractivity contribution is 0.573. The maximum Gasteiger partial charge on any atom is 0.101 e. The lowest BCUT2D eigenvalue weighted by atomic mass is 9.85. The molecular formula is C21H26ClN3S. The highest BCUT2D eigenvalue weighted by molar-refractivity contribution is 8.03. The number of nitrogens with zero attached hydrogens (tertiary/aromatic N) is 3. The van der Waals surface area contributed by atoms with E-state index >= 15 is 0 Å². The maximum absolute atomic E-state index is 5.93. The lowest BCUT2D eigenvalue weighted by Gasteiger charge is -2.25. The van der Waals surface area contributed by atoms with E-state index in [1.165, 1.54) is 5.71 Å². The molecule has 0 radical (unpaired) electrons. The molecule has 0 saturated heterocycles. The predicted molar refractivity (Wildman–Crippen MR) is 115 cm³/mol. The molecule has 0 bridgehead atoms. The maximum atomic E-state index is 5.93. The largest absolute Gasteiger partial charge is 0.265 e. The molecule has 0 aliphatic carbocycles. The fourth-order valence-corrected chi connectivity index (χ4v) is 3.45. The van der Waals surface area contributed by atoms with Gasteiger partial charge in [0, 0.05) is 34.1 Å². The second-order valence-electron chi connectivity index (χ2n) is 7.26. The van der Waals surface area contributed by atoms with Gasteiger partial charge in [0.05, 0.1) is 10.7 Å². The summed E-state index contributed by atoms with van der Waals surface area (Å²) in [6.07, 6.45) is 7.29. The van der Waals surface area contributed by atoms with Crippen LogP contribution in [0.2, 0.25) is 5.02 Å². The van der Waals surface area contributed by atoms with E-state index in [0.29, 0.717) is 5.02 Å². The van der Waals surface area contributed by atoms with Crippen molar-refractivity contribution in [2.24, 2.45) is 15.4 Å². The van der Waals surface area contributed by atoms with E-state index in [2.05, 4.69) is 39.3 Å². The average Bonchev–Trinajstić information content (AvgIpc) is 2.60. The average molecular weight is 388 g/mol. The Balaban J connectivity index is 2.40. The smallest absolute Gasteiger partial charge is 0.101 e. The van der Waals surface area contributed by atoms with Gasteiger partial charge in [-0.2, -0.15) is 0 Å². The van der Waals surface area contributed by atoms with Crippen LogP contribution >= 0.6 is 23.4 Å². The topological polar surface area (TPSA) is 37.6 Å². The molecule has 2 heterocycles. The van der Waals surface area contributed by atoms with Crippen LogP contribution in [0.1, 0.15) is 47.5 Å². The minimum absolute atomic E-state index is 0.100. The predicted octanol–water partition coefficient (Wildman–Crippen LogP) is 6.87. The van der Waals surface area contributed by atoms with Gasteiger partial charge >= 0.3 is 0 Å². The molecular weight excluding hydrogens is 362 g/mol. The second-order valence-corrected chi connectivity index (χ2v) is 8.93. The van der Waals surface area contributed by atoms with Gasteiger partial charge in [0.15, 0.2) is 0 Å². The van der Waals surface area contributed by atoms with Gasteiger partial charge in [-0.15, -0.1) is 0 Å². The van der Waals surface area contributed by atoms with Gasteiger partial charge in [-0.1, -0.05) is 50.7 Å². The van der Waals surface area contributed by atoms with Crippen LogP contribution in [0.3, 0.4) is 0 Å². The Labute approximate surface area is 166 Å². The van der Waals surface area contributed by atoms with E-state index in [-0.39, 0.29) is 5.41 Å². The monoisotopic (exact) mass is 387 g/mol. The highest BCUT2D eigenvalue weighted by atomic mass is 35.5. The first-order valence-corrected chi connectivity index (χ1v) is 9.84. The summed E-state index contributed by atoms with van der Waals surface area (Å²) in [7, 11) is 0. The number of halogens is 1. The highest BCUT2D eigenvalue weighted by Gasteiger charge is 2.22. The summed E-state index contributed by atoms with van der Waals surface area (Å²) in [4.78, 5) is 15.0. The molecule has 1 aromatic rings. The molecule has 26 heavy (non-hydrogen) atoms. The summed E-state index contributed by atoms with van der Waals surface area (Å²) in [5, 5.41) is 1.53. The second kappa shape index (κ2) is 8.83. The van der Waals surface area contributed by atoms with Crippen molar-refractivity contribution in [2.75, 3.05) is 0 Å². The van der Waals surface area contributed by atoms with E-state index < -0.39 is 0 Å². The minimum atomic E-state index is 0.100. The van der Waals surface area contributed by atoms with Gasteiger partial charge in [0.2, 0.25) is 0 Å². The van der Waals surface area contributed by atoms with E-state index in [0.717, 1.165) is 39.8 Å². The number of hydrogen-bond acceptors (Lipinski definition) is 4. The Kier molecular flexibility index (Phi) is 7.01. The summed E-state index contributed by atoms with van der Waals surface area (Å²) in [6, 6.07) is 3.77. The van der Waals surface area contributed by atoms with Crippen LogP contribution < -0.4 is 0 Å². The summed E-state index contributed by atoms with van der Waals surface area (Å²) >= 11 is 7.52. The van der Waals surface area contributed by atoms with Crippen molar-refractivity contribution < 1.29 is 0 Å². The number of aromatic nitrogens is 1. The van der Waals surface area contributed by atoms with Crippen LogP contribution in [0.15, 0.2) is 68.4 Å². The number of pyridine rings is 1. The number of allylic oxidation sites excluding steroid dienone is 3. The SMILES string of the molecule is C=CC(C)=N/C(C1=CN=C(C(C)(C)C)CC1)=C(\C)Sc1ccc(Cl)cn1. The molecule has 0 aromatic carbocycles. The van der Waals surface area contributed by atoms with Crippen molar-refractivity contribution in [3.05, 3.63) is 58.4 Å². The number of hydrogen-bond donors (Lipinski definition) is 0. The number of thioether (sulfide) groups is 1. The zero-order valence-corrected chi connectivity index (χ0v) is 17.7. The highest BCUT2D eigenvalue weighted by Crippen LogP contribution is 2.35. The van der Waals surface area contributed by atoms with Crippen LogP contribution in [0.5, 0.6) is 0 Å². The third-order valence-electron chi connectivity index (χ3n) is 4.05. The number of aliphatic imine (C=N–C) groups is 2. The summed E-state index contributed by atoms with van der Waals surface area (Å²) < 4.78 is 0. The van der Waals surface area contributed by atoms with Crippen molar-refractivity contribution >= 4 is 34.8 Å². The first kappa shape index (κ1) is 20.7. The van der Waals surface area contributed by atoms with E-state index in [4.69, 9.17) is 21.6 Å². The summed E-state index contributed by atoms with van der Waals surface area (Å²) in [5.41, 5.74) is 4.33. The molecule has 5 heteroatoms. The molecule has 0 fully saturated rings. The molecule has 0 unspecified atom stereocenters. The fraction of sp³-hybridized carbons (Fsp3) is 0.381. The van der Waals surface area contributed by atoms with Crippen LogP contribution in [0.4, 0.5) is 0 Å². The molecule has 0 atom stereocenters. The fourth-order valence-electron chi connectivity index (χ4n) is 2.51. The third kappa shape index (κ3) is 5.68. The lowest BCUT2D eigenvalue weighted by Crippen LogP contribution is -2.22. The molecule has 0 amide bonds. The van der Waals surface area contributed by atoms with Gasteiger partial charge in [0.1, 0.15) is 5.03 Å². The molecule has 0 spiro atoms. The normalized spacial score (nSPS) is 16.6. The van der Waals surface area contributed by atoms with Crippen molar-refractivity contribution in [3.8, 4) is 0 Å². The molecule has 0 N–H and O–H groups in total. The van der Waals surface area contributed by atoms with E-state index in [1.807, 2.05) is 25.3 Å². The molecule has 1 aliphatic heterocycles.